The summed E-state index contributed by atoms with van der Waals surface area (Å²) in [5, 5.41) is 14.9. The summed E-state index contributed by atoms with van der Waals surface area (Å²) < 4.78 is 0. The molecule has 0 heterocycles. The fraction of sp³-hybridized carbons (Fsp3) is 0.118. The van der Waals surface area contributed by atoms with Gasteiger partial charge in [0.25, 0.3) is 5.91 Å². The third kappa shape index (κ3) is 4.73. The lowest BCUT2D eigenvalue weighted by Gasteiger charge is -2.12. The van der Waals surface area contributed by atoms with E-state index in [-0.39, 0.29) is 12.5 Å². The summed E-state index contributed by atoms with van der Waals surface area (Å²) in [6.45, 7) is 0.278. The zero-order valence-electron chi connectivity index (χ0n) is 12.6. The second-order valence-electron chi connectivity index (χ2n) is 5.01. The SMILES string of the molecule is N#C[C@@H](NC(=O)c1ccc(CNC(N)=O)cc1)c1cccc(Cl)c1. The molecule has 0 bridgehead atoms. The molecule has 7 heteroatoms. The van der Waals surface area contributed by atoms with E-state index in [0.29, 0.717) is 16.1 Å². The first kappa shape index (κ1) is 17.3. The summed E-state index contributed by atoms with van der Waals surface area (Å²) in [4.78, 5) is 22.9. The van der Waals surface area contributed by atoms with E-state index in [2.05, 4.69) is 10.6 Å². The van der Waals surface area contributed by atoms with Crippen LogP contribution in [0.15, 0.2) is 48.5 Å². The maximum Gasteiger partial charge on any atom is 0.312 e. The molecule has 6 nitrogen and oxygen atoms in total. The molecule has 0 aliphatic heterocycles. The highest BCUT2D eigenvalue weighted by molar-refractivity contribution is 6.30. The monoisotopic (exact) mass is 342 g/mol. The molecule has 24 heavy (non-hydrogen) atoms. The van der Waals surface area contributed by atoms with Gasteiger partial charge in [-0.25, -0.2) is 4.79 Å². The zero-order valence-corrected chi connectivity index (χ0v) is 13.4. The number of carbonyl (C=O) groups is 2. The fourth-order valence-electron chi connectivity index (χ4n) is 2.05. The van der Waals surface area contributed by atoms with Crippen molar-refractivity contribution in [1.82, 2.24) is 10.6 Å². The van der Waals surface area contributed by atoms with Crippen LogP contribution in [0.3, 0.4) is 0 Å². The summed E-state index contributed by atoms with van der Waals surface area (Å²) in [6, 6.07) is 14.0. The summed E-state index contributed by atoms with van der Waals surface area (Å²) in [5.74, 6) is -0.379. The van der Waals surface area contributed by atoms with Crippen molar-refractivity contribution < 1.29 is 9.59 Å². The minimum atomic E-state index is -0.799. The van der Waals surface area contributed by atoms with Crippen LogP contribution >= 0.6 is 11.6 Å². The molecular formula is C17H15ClN4O2. The maximum atomic E-state index is 12.3. The van der Waals surface area contributed by atoms with Gasteiger partial charge in [-0.15, -0.1) is 0 Å². The fourth-order valence-corrected chi connectivity index (χ4v) is 2.25. The molecule has 4 N–H and O–H groups in total. The second kappa shape index (κ2) is 7.99. The van der Waals surface area contributed by atoms with Crippen molar-refractivity contribution in [2.45, 2.75) is 12.6 Å². The topological polar surface area (TPSA) is 108 Å². The Kier molecular flexibility index (Phi) is 5.77. The molecule has 0 radical (unpaired) electrons. The third-order valence-corrected chi connectivity index (χ3v) is 3.50. The summed E-state index contributed by atoms with van der Waals surface area (Å²) in [5.41, 5.74) is 6.82. The van der Waals surface area contributed by atoms with Crippen molar-refractivity contribution in [2.75, 3.05) is 0 Å². The van der Waals surface area contributed by atoms with Crippen molar-refractivity contribution in [2.24, 2.45) is 5.73 Å². The molecule has 0 fully saturated rings. The van der Waals surface area contributed by atoms with Crippen LogP contribution in [0.4, 0.5) is 4.79 Å². The van der Waals surface area contributed by atoms with Gasteiger partial charge in [-0.2, -0.15) is 5.26 Å². The molecule has 0 spiro atoms. The van der Waals surface area contributed by atoms with Crippen molar-refractivity contribution >= 4 is 23.5 Å². The Balaban J connectivity index is 2.05. The molecule has 0 saturated heterocycles. The molecule has 1 atom stereocenters. The Hall–Kier alpha value is -3.04. The number of nitriles is 1. The number of primary amides is 1. The number of rotatable bonds is 5. The number of urea groups is 1. The molecule has 3 amide bonds. The second-order valence-corrected chi connectivity index (χ2v) is 5.44. The van der Waals surface area contributed by atoms with Crippen LogP contribution in [0.2, 0.25) is 5.02 Å². The van der Waals surface area contributed by atoms with Gasteiger partial charge in [-0.05, 0) is 35.4 Å². The Labute approximate surface area is 144 Å². The molecule has 0 aromatic heterocycles. The number of carbonyl (C=O) groups excluding carboxylic acids is 2. The average molecular weight is 343 g/mol. The van der Waals surface area contributed by atoms with Crippen LogP contribution in [-0.2, 0) is 6.54 Å². The van der Waals surface area contributed by atoms with Gasteiger partial charge in [0, 0.05) is 17.1 Å². The van der Waals surface area contributed by atoms with Crippen LogP contribution in [-0.4, -0.2) is 11.9 Å². The number of nitrogens with one attached hydrogen (secondary N) is 2. The van der Waals surface area contributed by atoms with Gasteiger partial charge in [-0.3, -0.25) is 4.79 Å². The number of hydrogen-bond acceptors (Lipinski definition) is 3. The van der Waals surface area contributed by atoms with E-state index >= 15 is 0 Å². The Bertz CT molecular complexity index is 784. The first-order valence-corrected chi connectivity index (χ1v) is 7.45. The smallest absolute Gasteiger partial charge is 0.312 e. The highest BCUT2D eigenvalue weighted by atomic mass is 35.5. The van der Waals surface area contributed by atoms with Crippen molar-refractivity contribution in [3.8, 4) is 6.07 Å². The lowest BCUT2D eigenvalue weighted by molar-refractivity contribution is 0.0945. The first-order chi connectivity index (χ1) is 11.5. The summed E-state index contributed by atoms with van der Waals surface area (Å²) in [7, 11) is 0. The molecule has 0 aliphatic rings. The number of halogens is 1. The highest BCUT2D eigenvalue weighted by Crippen LogP contribution is 2.18. The molecule has 2 aromatic rings. The highest BCUT2D eigenvalue weighted by Gasteiger charge is 2.15. The largest absolute Gasteiger partial charge is 0.352 e. The number of benzene rings is 2. The third-order valence-electron chi connectivity index (χ3n) is 3.27. The van der Waals surface area contributed by atoms with Gasteiger partial charge in [-0.1, -0.05) is 35.9 Å². The predicted octanol–water partition coefficient (Wildman–Crippen LogP) is 2.50. The number of hydrogen-bond donors (Lipinski definition) is 3. The van der Waals surface area contributed by atoms with E-state index in [0.717, 1.165) is 5.56 Å². The molecular weight excluding hydrogens is 328 g/mol. The lowest BCUT2D eigenvalue weighted by Crippen LogP contribution is -2.29. The quantitative estimate of drug-likeness (QED) is 0.776. The number of nitrogens with two attached hydrogens (primary N) is 1. The van der Waals surface area contributed by atoms with E-state index in [1.807, 2.05) is 6.07 Å². The van der Waals surface area contributed by atoms with Crippen LogP contribution in [0.1, 0.15) is 27.5 Å². The van der Waals surface area contributed by atoms with Gasteiger partial charge >= 0.3 is 6.03 Å². The van der Waals surface area contributed by atoms with Crippen molar-refractivity contribution in [3.05, 3.63) is 70.2 Å². The van der Waals surface area contributed by atoms with E-state index < -0.39 is 12.1 Å². The van der Waals surface area contributed by atoms with Crippen LogP contribution in [0.5, 0.6) is 0 Å². The van der Waals surface area contributed by atoms with E-state index in [1.54, 1.807) is 48.5 Å². The van der Waals surface area contributed by atoms with Crippen LogP contribution in [0.25, 0.3) is 0 Å². The molecule has 0 unspecified atom stereocenters. The molecule has 0 aliphatic carbocycles. The van der Waals surface area contributed by atoms with E-state index in [4.69, 9.17) is 17.3 Å². The minimum absolute atomic E-state index is 0.278. The standard InChI is InChI=1S/C17H15ClN4O2/c18-14-3-1-2-13(8-14)15(9-19)22-16(23)12-6-4-11(5-7-12)10-21-17(20)24/h1-8,15H,10H2,(H,22,23)(H3,20,21,24)/t15-/m1/s1. The van der Waals surface area contributed by atoms with Gasteiger partial charge in [0.2, 0.25) is 0 Å². The van der Waals surface area contributed by atoms with E-state index in [9.17, 15) is 14.9 Å². The predicted molar refractivity (Wildman–Crippen MR) is 90.1 cm³/mol. The van der Waals surface area contributed by atoms with Gasteiger partial charge in [0.15, 0.2) is 0 Å². The zero-order chi connectivity index (χ0) is 17.5. The Morgan fingerprint density at radius 3 is 2.50 bits per heavy atom. The van der Waals surface area contributed by atoms with Crippen LogP contribution < -0.4 is 16.4 Å². The van der Waals surface area contributed by atoms with Crippen molar-refractivity contribution in [1.29, 1.82) is 5.26 Å². The number of nitrogens with zero attached hydrogens (tertiary/aromatic N) is 1. The first-order valence-electron chi connectivity index (χ1n) is 7.08. The molecule has 122 valence electrons. The van der Waals surface area contributed by atoms with Gasteiger partial charge in [0.05, 0.1) is 6.07 Å². The average Bonchev–Trinajstić information content (AvgIpc) is 2.58. The maximum absolute atomic E-state index is 12.3. The number of amides is 3. The molecule has 2 aromatic carbocycles. The van der Waals surface area contributed by atoms with Gasteiger partial charge < -0.3 is 16.4 Å². The summed E-state index contributed by atoms with van der Waals surface area (Å²) >= 11 is 5.91. The summed E-state index contributed by atoms with van der Waals surface area (Å²) in [6.07, 6.45) is 0. The Morgan fingerprint density at radius 1 is 1.21 bits per heavy atom. The van der Waals surface area contributed by atoms with Gasteiger partial charge in [0.1, 0.15) is 6.04 Å². The Morgan fingerprint density at radius 2 is 1.92 bits per heavy atom. The minimum Gasteiger partial charge on any atom is -0.352 e. The normalized spacial score (nSPS) is 11.2. The lowest BCUT2D eigenvalue weighted by atomic mass is 10.1. The van der Waals surface area contributed by atoms with Crippen LogP contribution in [0, 0.1) is 11.3 Å². The molecule has 2 rings (SSSR count). The molecule has 0 saturated carbocycles. The van der Waals surface area contributed by atoms with E-state index in [1.165, 1.54) is 0 Å². The van der Waals surface area contributed by atoms with Crippen molar-refractivity contribution in [3.63, 3.8) is 0 Å².